The molecule has 0 spiro atoms. The molecule has 2 amide bonds. The Balaban J connectivity index is 1.89. The number of likely N-dealkylation sites (tertiary alicyclic amines) is 1. The highest BCUT2D eigenvalue weighted by molar-refractivity contribution is 6.35. The van der Waals surface area contributed by atoms with Crippen LogP contribution in [0, 0.1) is 5.92 Å². The van der Waals surface area contributed by atoms with Gasteiger partial charge >= 0.3 is 11.8 Å². The van der Waals surface area contributed by atoms with Crippen LogP contribution in [0.25, 0.3) is 0 Å². The van der Waals surface area contributed by atoms with E-state index in [0.717, 1.165) is 18.4 Å². The second kappa shape index (κ2) is 7.59. The van der Waals surface area contributed by atoms with Gasteiger partial charge < -0.3 is 9.64 Å². The Bertz CT molecular complexity index is 564. The summed E-state index contributed by atoms with van der Waals surface area (Å²) < 4.78 is 5.18. The number of ether oxygens (including phenoxy) is 1. The van der Waals surface area contributed by atoms with Crippen LogP contribution in [0.1, 0.15) is 25.3 Å². The van der Waals surface area contributed by atoms with Crippen molar-refractivity contribution in [2.75, 3.05) is 20.2 Å². The SMILES string of the molecule is COc1ccccc1/C=N/NC(=O)C(=O)N1CCC(C)CC1. The molecule has 118 valence electrons. The van der Waals surface area contributed by atoms with Gasteiger partial charge in [0.2, 0.25) is 0 Å². The van der Waals surface area contributed by atoms with E-state index in [9.17, 15) is 9.59 Å². The monoisotopic (exact) mass is 303 g/mol. The number of hydrogen-bond acceptors (Lipinski definition) is 4. The standard InChI is InChI=1S/C16H21N3O3/c1-12-7-9-19(10-8-12)16(21)15(20)18-17-11-13-5-3-4-6-14(13)22-2/h3-6,11-12H,7-10H2,1-2H3,(H,18,20)/b17-11+. The normalized spacial score (nSPS) is 15.8. The maximum atomic E-state index is 12.0. The zero-order chi connectivity index (χ0) is 15.9. The average Bonchev–Trinajstić information content (AvgIpc) is 2.55. The summed E-state index contributed by atoms with van der Waals surface area (Å²) in [6.07, 6.45) is 3.33. The average molecular weight is 303 g/mol. The third kappa shape index (κ3) is 4.07. The molecule has 0 bridgehead atoms. The minimum absolute atomic E-state index is 0.524. The highest BCUT2D eigenvalue weighted by Crippen LogP contribution is 2.16. The van der Waals surface area contributed by atoms with Gasteiger partial charge in [0.15, 0.2) is 0 Å². The van der Waals surface area contributed by atoms with Crippen molar-refractivity contribution in [2.45, 2.75) is 19.8 Å². The number of hydrazone groups is 1. The van der Waals surface area contributed by atoms with Crippen molar-refractivity contribution in [1.29, 1.82) is 0 Å². The molecular weight excluding hydrogens is 282 g/mol. The highest BCUT2D eigenvalue weighted by atomic mass is 16.5. The number of methoxy groups -OCH3 is 1. The number of para-hydroxylation sites is 1. The number of amides is 2. The van der Waals surface area contributed by atoms with Gasteiger partial charge in [0, 0.05) is 18.7 Å². The van der Waals surface area contributed by atoms with Gasteiger partial charge in [-0.2, -0.15) is 5.10 Å². The third-order valence-corrected chi connectivity index (χ3v) is 3.77. The van der Waals surface area contributed by atoms with Crippen LogP contribution in [-0.4, -0.2) is 43.1 Å². The number of nitrogens with one attached hydrogen (secondary N) is 1. The first kappa shape index (κ1) is 16.0. The van der Waals surface area contributed by atoms with Crippen molar-refractivity contribution in [2.24, 2.45) is 11.0 Å². The summed E-state index contributed by atoms with van der Waals surface area (Å²) in [7, 11) is 1.56. The Morgan fingerprint density at radius 2 is 2.00 bits per heavy atom. The summed E-state index contributed by atoms with van der Waals surface area (Å²) in [5.41, 5.74) is 3.00. The first-order chi connectivity index (χ1) is 10.6. The summed E-state index contributed by atoms with van der Waals surface area (Å²) >= 11 is 0. The van der Waals surface area contributed by atoms with Crippen LogP contribution in [0.3, 0.4) is 0 Å². The molecule has 1 fully saturated rings. The molecule has 1 aromatic rings. The van der Waals surface area contributed by atoms with E-state index in [2.05, 4.69) is 17.5 Å². The molecule has 0 saturated carbocycles. The lowest BCUT2D eigenvalue weighted by Crippen LogP contribution is -2.45. The van der Waals surface area contributed by atoms with Crippen molar-refractivity contribution in [3.05, 3.63) is 29.8 Å². The molecule has 1 aromatic carbocycles. The van der Waals surface area contributed by atoms with E-state index in [-0.39, 0.29) is 0 Å². The molecule has 0 aromatic heterocycles. The summed E-state index contributed by atoms with van der Waals surface area (Å²) in [4.78, 5) is 25.4. The second-order valence-electron chi connectivity index (χ2n) is 5.42. The lowest BCUT2D eigenvalue weighted by Gasteiger charge is -2.29. The van der Waals surface area contributed by atoms with E-state index in [4.69, 9.17) is 4.74 Å². The van der Waals surface area contributed by atoms with Crippen molar-refractivity contribution >= 4 is 18.0 Å². The van der Waals surface area contributed by atoms with Gasteiger partial charge in [-0.1, -0.05) is 19.1 Å². The maximum absolute atomic E-state index is 12.0. The molecule has 1 heterocycles. The molecular formula is C16H21N3O3. The molecule has 6 nitrogen and oxygen atoms in total. The van der Waals surface area contributed by atoms with E-state index in [1.807, 2.05) is 18.2 Å². The molecule has 6 heteroatoms. The van der Waals surface area contributed by atoms with Crippen LogP contribution < -0.4 is 10.2 Å². The Labute approximate surface area is 130 Å². The number of piperidine rings is 1. The van der Waals surface area contributed by atoms with Gasteiger partial charge in [-0.3, -0.25) is 9.59 Å². The molecule has 1 aliphatic heterocycles. The van der Waals surface area contributed by atoms with Gasteiger partial charge in [0.1, 0.15) is 5.75 Å². The zero-order valence-corrected chi connectivity index (χ0v) is 12.9. The number of nitrogens with zero attached hydrogens (tertiary/aromatic N) is 2. The van der Waals surface area contributed by atoms with Crippen molar-refractivity contribution in [3.8, 4) is 5.75 Å². The topological polar surface area (TPSA) is 71.0 Å². The smallest absolute Gasteiger partial charge is 0.329 e. The third-order valence-electron chi connectivity index (χ3n) is 3.77. The number of carbonyl (C=O) groups excluding carboxylic acids is 2. The lowest BCUT2D eigenvalue weighted by atomic mass is 9.99. The first-order valence-electron chi connectivity index (χ1n) is 7.37. The maximum Gasteiger partial charge on any atom is 0.329 e. The highest BCUT2D eigenvalue weighted by Gasteiger charge is 2.25. The molecule has 0 aliphatic carbocycles. The zero-order valence-electron chi connectivity index (χ0n) is 12.9. The van der Waals surface area contributed by atoms with Gasteiger partial charge in [-0.25, -0.2) is 5.43 Å². The first-order valence-corrected chi connectivity index (χ1v) is 7.37. The minimum atomic E-state index is -0.708. The van der Waals surface area contributed by atoms with Crippen molar-refractivity contribution in [1.82, 2.24) is 10.3 Å². The summed E-state index contributed by atoms with van der Waals surface area (Å²) in [6.45, 7) is 3.41. The van der Waals surface area contributed by atoms with Crippen LogP contribution in [0.15, 0.2) is 29.4 Å². The number of benzene rings is 1. The molecule has 1 saturated heterocycles. The quantitative estimate of drug-likeness (QED) is 0.521. The van der Waals surface area contributed by atoms with E-state index in [1.54, 1.807) is 18.1 Å². The van der Waals surface area contributed by atoms with Crippen LogP contribution in [0.2, 0.25) is 0 Å². The largest absolute Gasteiger partial charge is 0.496 e. The van der Waals surface area contributed by atoms with Crippen LogP contribution in [0.5, 0.6) is 5.75 Å². The molecule has 2 rings (SSSR count). The van der Waals surface area contributed by atoms with Gasteiger partial charge in [-0.15, -0.1) is 0 Å². The van der Waals surface area contributed by atoms with Crippen LogP contribution >= 0.6 is 0 Å². The summed E-state index contributed by atoms with van der Waals surface area (Å²) in [5.74, 6) is 0.0253. The van der Waals surface area contributed by atoms with Gasteiger partial charge in [0.05, 0.1) is 13.3 Å². The number of carbonyl (C=O) groups is 2. The van der Waals surface area contributed by atoms with E-state index in [1.165, 1.54) is 6.21 Å². The second-order valence-corrected chi connectivity index (χ2v) is 5.42. The molecule has 0 unspecified atom stereocenters. The van der Waals surface area contributed by atoms with Gasteiger partial charge in [-0.05, 0) is 30.9 Å². The fourth-order valence-corrected chi connectivity index (χ4v) is 2.34. The van der Waals surface area contributed by atoms with E-state index in [0.29, 0.717) is 24.8 Å². The predicted octanol–water partition coefficient (Wildman–Crippen LogP) is 1.40. The molecule has 0 atom stereocenters. The Morgan fingerprint density at radius 1 is 1.32 bits per heavy atom. The van der Waals surface area contributed by atoms with Crippen molar-refractivity contribution in [3.63, 3.8) is 0 Å². The molecule has 1 aliphatic rings. The minimum Gasteiger partial charge on any atom is -0.496 e. The van der Waals surface area contributed by atoms with Gasteiger partial charge in [0.25, 0.3) is 0 Å². The Hall–Kier alpha value is -2.37. The van der Waals surface area contributed by atoms with E-state index < -0.39 is 11.8 Å². The number of rotatable bonds is 3. The molecule has 1 N–H and O–H groups in total. The predicted molar refractivity (Wildman–Crippen MR) is 83.7 cm³/mol. The summed E-state index contributed by atoms with van der Waals surface area (Å²) in [5, 5.41) is 3.83. The lowest BCUT2D eigenvalue weighted by molar-refractivity contribution is -0.146. The Kier molecular flexibility index (Phi) is 5.52. The molecule has 0 radical (unpaired) electrons. The molecule has 22 heavy (non-hydrogen) atoms. The van der Waals surface area contributed by atoms with Crippen LogP contribution in [-0.2, 0) is 9.59 Å². The van der Waals surface area contributed by atoms with Crippen molar-refractivity contribution < 1.29 is 14.3 Å². The fourth-order valence-electron chi connectivity index (χ4n) is 2.34. The summed E-state index contributed by atoms with van der Waals surface area (Å²) in [6, 6.07) is 7.28. The fraction of sp³-hybridized carbons (Fsp3) is 0.438. The number of hydrogen-bond donors (Lipinski definition) is 1. The Morgan fingerprint density at radius 3 is 2.68 bits per heavy atom. The van der Waals surface area contributed by atoms with E-state index >= 15 is 0 Å². The van der Waals surface area contributed by atoms with Crippen LogP contribution in [0.4, 0.5) is 0 Å².